The molecule has 158 valence electrons. The normalized spacial score (nSPS) is 14.9. The fourth-order valence-corrected chi connectivity index (χ4v) is 4.97. The van der Waals surface area contributed by atoms with E-state index in [1.165, 1.54) is 0 Å². The summed E-state index contributed by atoms with van der Waals surface area (Å²) in [6.07, 6.45) is 3.64. The molecule has 1 aromatic carbocycles. The Labute approximate surface area is 177 Å². The second kappa shape index (κ2) is 8.80. The van der Waals surface area contributed by atoms with Crippen LogP contribution in [0.2, 0.25) is 18.1 Å². The second-order valence-corrected chi connectivity index (χ2v) is 14.5. The first-order valence-electron chi connectivity index (χ1n) is 10.3. The molecule has 0 bridgehead atoms. The van der Waals surface area contributed by atoms with E-state index in [1.807, 2.05) is 51.2 Å². The van der Waals surface area contributed by atoms with E-state index in [4.69, 9.17) is 4.43 Å². The summed E-state index contributed by atoms with van der Waals surface area (Å²) in [6.45, 7) is 16.7. The van der Waals surface area contributed by atoms with E-state index in [1.54, 1.807) is 6.20 Å². The molecule has 1 N–H and O–H groups in total. The Balaban J connectivity index is 2.25. The van der Waals surface area contributed by atoms with Crippen molar-refractivity contribution in [3.63, 3.8) is 0 Å². The lowest BCUT2D eigenvalue weighted by atomic mass is 9.86. The molecule has 2 unspecified atom stereocenters. The number of amides is 1. The summed E-state index contributed by atoms with van der Waals surface area (Å²) in [7, 11) is -2.08. The number of pyridine rings is 1. The molecule has 2 aromatic rings. The quantitative estimate of drug-likeness (QED) is 0.609. The average molecular weight is 413 g/mol. The van der Waals surface area contributed by atoms with Crippen LogP contribution in [0.15, 0.2) is 54.9 Å². The van der Waals surface area contributed by atoms with Gasteiger partial charge in [-0.2, -0.15) is 0 Å². The highest BCUT2D eigenvalue weighted by Gasteiger charge is 2.44. The third-order valence-corrected chi connectivity index (χ3v) is 10.6. The van der Waals surface area contributed by atoms with E-state index < -0.39 is 13.9 Å². The Morgan fingerprint density at radius 3 is 2.10 bits per heavy atom. The monoisotopic (exact) mass is 412 g/mol. The minimum Gasteiger partial charge on any atom is -0.403 e. The van der Waals surface area contributed by atoms with E-state index in [-0.39, 0.29) is 22.9 Å². The van der Waals surface area contributed by atoms with E-state index in [0.717, 1.165) is 11.1 Å². The third-order valence-electron chi connectivity index (χ3n) is 5.92. The highest BCUT2D eigenvalue weighted by atomic mass is 28.4. The molecule has 0 fully saturated rings. The summed E-state index contributed by atoms with van der Waals surface area (Å²) in [5.74, 6) is -0.0721. The SMILES string of the molecule is CC(NC(=O)C(C)(C)O[Si](C)(C)C(C)(C)C)C(c1ccccc1)c1cccnc1. The van der Waals surface area contributed by atoms with Crippen LogP contribution in [0.1, 0.15) is 58.6 Å². The molecule has 1 aromatic heterocycles. The topological polar surface area (TPSA) is 51.2 Å². The van der Waals surface area contributed by atoms with Crippen LogP contribution in [0, 0.1) is 0 Å². The molecule has 0 saturated carbocycles. The van der Waals surface area contributed by atoms with Gasteiger partial charge >= 0.3 is 0 Å². The van der Waals surface area contributed by atoms with Crippen LogP contribution >= 0.6 is 0 Å². The lowest BCUT2D eigenvalue weighted by molar-refractivity contribution is -0.135. The predicted octanol–water partition coefficient (Wildman–Crippen LogP) is 5.52. The summed E-state index contributed by atoms with van der Waals surface area (Å²) in [5.41, 5.74) is 1.33. The molecule has 2 rings (SSSR count). The molecule has 4 nitrogen and oxygen atoms in total. The summed E-state index contributed by atoms with van der Waals surface area (Å²) in [4.78, 5) is 17.5. The van der Waals surface area contributed by atoms with Gasteiger partial charge in [0.1, 0.15) is 5.60 Å². The lowest BCUT2D eigenvalue weighted by Crippen LogP contribution is -2.55. The molecule has 0 spiro atoms. The zero-order valence-corrected chi connectivity index (χ0v) is 20.1. The van der Waals surface area contributed by atoms with Crippen molar-refractivity contribution in [1.29, 1.82) is 0 Å². The Morgan fingerprint density at radius 1 is 1.00 bits per heavy atom. The molecule has 0 radical (unpaired) electrons. The van der Waals surface area contributed by atoms with Gasteiger partial charge in [0.2, 0.25) is 0 Å². The van der Waals surface area contributed by atoms with Crippen molar-refractivity contribution in [1.82, 2.24) is 10.3 Å². The smallest absolute Gasteiger partial charge is 0.250 e. The molecule has 0 saturated heterocycles. The van der Waals surface area contributed by atoms with E-state index >= 15 is 0 Å². The van der Waals surface area contributed by atoms with Gasteiger partial charge in [-0.3, -0.25) is 9.78 Å². The molecule has 0 aliphatic rings. The maximum Gasteiger partial charge on any atom is 0.250 e. The third kappa shape index (κ3) is 5.77. The van der Waals surface area contributed by atoms with Gasteiger partial charge < -0.3 is 9.74 Å². The number of carbonyl (C=O) groups is 1. The lowest BCUT2D eigenvalue weighted by Gasteiger charge is -2.42. The van der Waals surface area contributed by atoms with Crippen LogP contribution < -0.4 is 5.32 Å². The number of nitrogens with zero attached hydrogens (tertiary/aromatic N) is 1. The van der Waals surface area contributed by atoms with Crippen LogP contribution in [0.4, 0.5) is 0 Å². The molecule has 5 heteroatoms. The summed E-state index contributed by atoms with van der Waals surface area (Å²) in [5, 5.41) is 3.26. The first-order valence-corrected chi connectivity index (χ1v) is 13.2. The number of carbonyl (C=O) groups excluding carboxylic acids is 1. The molecular formula is C24H36N2O2Si. The molecule has 2 atom stereocenters. The van der Waals surface area contributed by atoms with Gasteiger partial charge in [-0.15, -0.1) is 0 Å². The van der Waals surface area contributed by atoms with Crippen LogP contribution in [0.5, 0.6) is 0 Å². The second-order valence-electron chi connectivity index (χ2n) is 9.81. The number of rotatable bonds is 7. The molecule has 29 heavy (non-hydrogen) atoms. The molecular weight excluding hydrogens is 376 g/mol. The van der Waals surface area contributed by atoms with Crippen molar-refractivity contribution in [2.45, 2.75) is 77.2 Å². The predicted molar refractivity (Wildman–Crippen MR) is 122 cm³/mol. The standard InChI is InChI=1S/C24H36N2O2Si/c1-18(26-22(27)24(5,6)28-29(7,8)23(2,3)4)21(19-13-10-9-11-14-19)20-15-12-16-25-17-20/h9-18,21H,1-8H3,(H,26,27). The van der Waals surface area contributed by atoms with Crippen molar-refractivity contribution < 1.29 is 9.22 Å². The maximum absolute atomic E-state index is 13.2. The van der Waals surface area contributed by atoms with Crippen molar-refractivity contribution in [3.05, 3.63) is 66.0 Å². The van der Waals surface area contributed by atoms with Gasteiger partial charge in [0, 0.05) is 24.4 Å². The van der Waals surface area contributed by atoms with E-state index in [9.17, 15) is 4.79 Å². The molecule has 0 aliphatic heterocycles. The van der Waals surface area contributed by atoms with E-state index in [0.29, 0.717) is 0 Å². The van der Waals surface area contributed by atoms with Gasteiger partial charge in [-0.05, 0) is 56.1 Å². The summed E-state index contributed by atoms with van der Waals surface area (Å²) >= 11 is 0. The minimum atomic E-state index is -2.08. The number of hydrogen-bond acceptors (Lipinski definition) is 3. The Bertz CT molecular complexity index is 759. The zero-order chi connectivity index (χ0) is 21.9. The number of hydrogen-bond donors (Lipinski definition) is 1. The zero-order valence-electron chi connectivity index (χ0n) is 19.1. The van der Waals surface area contributed by atoms with Crippen LogP contribution in [-0.2, 0) is 9.22 Å². The minimum absolute atomic E-state index is 0.0116. The number of benzene rings is 1. The van der Waals surface area contributed by atoms with Crippen molar-refractivity contribution >= 4 is 14.2 Å². The van der Waals surface area contributed by atoms with Crippen LogP contribution in [-0.4, -0.2) is 30.9 Å². The summed E-state index contributed by atoms with van der Waals surface area (Å²) in [6, 6.07) is 14.1. The van der Waals surface area contributed by atoms with Gasteiger partial charge in [0.15, 0.2) is 8.32 Å². The molecule has 1 amide bonds. The maximum atomic E-state index is 13.2. The fourth-order valence-electron chi connectivity index (χ4n) is 3.29. The first kappa shape index (κ1) is 23.3. The molecule has 0 aliphatic carbocycles. The van der Waals surface area contributed by atoms with Gasteiger partial charge in [0.05, 0.1) is 0 Å². The van der Waals surface area contributed by atoms with Crippen molar-refractivity contribution in [2.75, 3.05) is 0 Å². The number of aromatic nitrogens is 1. The van der Waals surface area contributed by atoms with Crippen molar-refractivity contribution in [2.24, 2.45) is 0 Å². The molecule has 1 heterocycles. The summed E-state index contributed by atoms with van der Waals surface area (Å²) < 4.78 is 6.46. The van der Waals surface area contributed by atoms with Gasteiger partial charge in [-0.25, -0.2) is 0 Å². The van der Waals surface area contributed by atoms with Gasteiger partial charge in [-0.1, -0.05) is 57.2 Å². The average Bonchev–Trinajstić information content (AvgIpc) is 2.62. The first-order chi connectivity index (χ1) is 13.3. The highest BCUT2D eigenvalue weighted by Crippen LogP contribution is 2.39. The van der Waals surface area contributed by atoms with Gasteiger partial charge in [0.25, 0.3) is 5.91 Å². The Morgan fingerprint density at radius 2 is 1.59 bits per heavy atom. The van der Waals surface area contributed by atoms with Crippen LogP contribution in [0.25, 0.3) is 0 Å². The number of nitrogens with one attached hydrogen (secondary N) is 1. The largest absolute Gasteiger partial charge is 0.403 e. The fraction of sp³-hybridized carbons (Fsp3) is 0.500. The van der Waals surface area contributed by atoms with Crippen molar-refractivity contribution in [3.8, 4) is 0 Å². The Kier molecular flexibility index (Phi) is 7.07. The van der Waals surface area contributed by atoms with E-state index in [2.05, 4.69) is 62.4 Å². The highest BCUT2D eigenvalue weighted by molar-refractivity contribution is 6.74. The van der Waals surface area contributed by atoms with Crippen LogP contribution in [0.3, 0.4) is 0 Å². The Hall–Kier alpha value is -1.98.